The summed E-state index contributed by atoms with van der Waals surface area (Å²) >= 11 is 0. The molecular weight excluding hydrogens is 252 g/mol. The van der Waals surface area contributed by atoms with E-state index in [9.17, 15) is 0 Å². The normalized spacial score (nSPS) is 15.3. The lowest BCUT2D eigenvalue weighted by molar-refractivity contribution is 0.135. The van der Waals surface area contributed by atoms with Gasteiger partial charge in [-0.1, -0.05) is 18.2 Å². The molecule has 1 aromatic carbocycles. The fraction of sp³-hybridized carbons (Fsp3) is 0.500. The first-order valence-corrected chi connectivity index (χ1v) is 7.26. The fourth-order valence-corrected chi connectivity index (χ4v) is 2.72. The summed E-state index contributed by atoms with van der Waals surface area (Å²) in [6.45, 7) is 3.06. The third-order valence-corrected chi connectivity index (χ3v) is 3.98. The Morgan fingerprint density at radius 3 is 2.85 bits per heavy atom. The number of hydrogen-bond donors (Lipinski definition) is 1. The standard InChI is InChI=1S/C16H22N2O2/c1-19-9-8-18(12-6-7-12)11-16-14(10-17)13-4-2-3-5-15(13)20-16/h2-5,12H,6-11,17H2,1H3. The summed E-state index contributed by atoms with van der Waals surface area (Å²) in [5, 5.41) is 1.15. The van der Waals surface area contributed by atoms with Gasteiger partial charge in [-0.15, -0.1) is 0 Å². The van der Waals surface area contributed by atoms with E-state index in [0.717, 1.165) is 42.0 Å². The maximum absolute atomic E-state index is 6.02. The van der Waals surface area contributed by atoms with E-state index in [2.05, 4.69) is 11.0 Å². The van der Waals surface area contributed by atoms with Crippen molar-refractivity contribution in [2.45, 2.75) is 32.0 Å². The van der Waals surface area contributed by atoms with Crippen molar-refractivity contribution >= 4 is 11.0 Å². The van der Waals surface area contributed by atoms with Crippen LogP contribution >= 0.6 is 0 Å². The molecule has 108 valence electrons. The molecule has 0 aliphatic heterocycles. The zero-order chi connectivity index (χ0) is 13.9. The number of fused-ring (bicyclic) bond motifs is 1. The van der Waals surface area contributed by atoms with E-state index in [0.29, 0.717) is 12.6 Å². The van der Waals surface area contributed by atoms with Gasteiger partial charge in [0.2, 0.25) is 0 Å². The first kappa shape index (κ1) is 13.6. The highest BCUT2D eigenvalue weighted by molar-refractivity contribution is 5.82. The Bertz CT molecular complexity index is 575. The van der Waals surface area contributed by atoms with Crippen molar-refractivity contribution in [3.8, 4) is 0 Å². The lowest BCUT2D eigenvalue weighted by atomic mass is 10.1. The number of rotatable bonds is 7. The van der Waals surface area contributed by atoms with Crippen LogP contribution in [-0.2, 0) is 17.8 Å². The second kappa shape index (κ2) is 5.95. The van der Waals surface area contributed by atoms with Crippen LogP contribution in [0.4, 0.5) is 0 Å². The molecule has 1 fully saturated rings. The van der Waals surface area contributed by atoms with Crippen molar-refractivity contribution < 1.29 is 9.15 Å². The molecule has 4 nitrogen and oxygen atoms in total. The summed E-state index contributed by atoms with van der Waals surface area (Å²) in [4.78, 5) is 2.44. The van der Waals surface area contributed by atoms with Gasteiger partial charge >= 0.3 is 0 Å². The molecule has 1 heterocycles. The highest BCUT2D eigenvalue weighted by atomic mass is 16.5. The number of para-hydroxylation sites is 1. The van der Waals surface area contributed by atoms with Crippen LogP contribution in [0.2, 0.25) is 0 Å². The Kier molecular flexibility index (Phi) is 4.05. The third-order valence-electron chi connectivity index (χ3n) is 3.98. The van der Waals surface area contributed by atoms with Crippen LogP contribution < -0.4 is 5.73 Å². The number of hydrogen-bond acceptors (Lipinski definition) is 4. The summed E-state index contributed by atoms with van der Waals surface area (Å²) in [5.41, 5.74) is 8.00. The van der Waals surface area contributed by atoms with Gasteiger partial charge in [0.25, 0.3) is 0 Å². The molecule has 1 aromatic heterocycles. The minimum absolute atomic E-state index is 0.523. The van der Waals surface area contributed by atoms with Gasteiger partial charge in [0.05, 0.1) is 13.2 Å². The maximum Gasteiger partial charge on any atom is 0.134 e. The summed E-state index contributed by atoms with van der Waals surface area (Å²) < 4.78 is 11.2. The third kappa shape index (κ3) is 2.73. The van der Waals surface area contributed by atoms with Gasteiger partial charge in [0.1, 0.15) is 11.3 Å². The topological polar surface area (TPSA) is 51.6 Å². The molecule has 1 aliphatic rings. The van der Waals surface area contributed by atoms with Gasteiger partial charge in [-0.05, 0) is 18.9 Å². The number of methoxy groups -OCH3 is 1. The van der Waals surface area contributed by atoms with Crippen LogP contribution in [0.3, 0.4) is 0 Å². The molecule has 2 N–H and O–H groups in total. The van der Waals surface area contributed by atoms with Crippen LogP contribution in [0.15, 0.2) is 28.7 Å². The van der Waals surface area contributed by atoms with E-state index in [4.69, 9.17) is 14.9 Å². The molecule has 1 saturated carbocycles. The van der Waals surface area contributed by atoms with E-state index < -0.39 is 0 Å². The monoisotopic (exact) mass is 274 g/mol. The molecule has 0 spiro atoms. The predicted octanol–water partition coefficient (Wildman–Crippen LogP) is 2.50. The van der Waals surface area contributed by atoms with Crippen molar-refractivity contribution in [2.24, 2.45) is 5.73 Å². The van der Waals surface area contributed by atoms with Crippen LogP contribution in [0.5, 0.6) is 0 Å². The Morgan fingerprint density at radius 2 is 2.15 bits per heavy atom. The first-order valence-electron chi connectivity index (χ1n) is 7.26. The SMILES string of the molecule is COCCN(Cc1oc2ccccc2c1CN)C1CC1. The molecule has 0 atom stereocenters. The number of nitrogens with two attached hydrogens (primary N) is 1. The van der Waals surface area contributed by atoms with Crippen LogP contribution in [-0.4, -0.2) is 31.2 Å². The molecule has 0 amide bonds. The Balaban J connectivity index is 1.84. The molecular formula is C16H22N2O2. The van der Waals surface area contributed by atoms with Crippen LogP contribution in [0.1, 0.15) is 24.2 Å². The minimum atomic E-state index is 0.523. The zero-order valence-electron chi connectivity index (χ0n) is 12.0. The average Bonchev–Trinajstić information content (AvgIpc) is 3.25. The second-order valence-corrected chi connectivity index (χ2v) is 5.40. The van der Waals surface area contributed by atoms with Gasteiger partial charge in [-0.2, -0.15) is 0 Å². The summed E-state index contributed by atoms with van der Waals surface area (Å²) in [6, 6.07) is 8.81. The number of furan rings is 1. The van der Waals surface area contributed by atoms with Gasteiger partial charge in [0.15, 0.2) is 0 Å². The molecule has 1 aliphatic carbocycles. The minimum Gasteiger partial charge on any atom is -0.459 e. The summed E-state index contributed by atoms with van der Waals surface area (Å²) in [6.07, 6.45) is 2.56. The van der Waals surface area contributed by atoms with Crippen molar-refractivity contribution in [2.75, 3.05) is 20.3 Å². The number of nitrogens with zero attached hydrogens (tertiary/aromatic N) is 1. The zero-order valence-corrected chi connectivity index (χ0v) is 12.0. The molecule has 4 heteroatoms. The number of ether oxygens (including phenoxy) is 1. The van der Waals surface area contributed by atoms with Crippen molar-refractivity contribution in [1.29, 1.82) is 0 Å². The van der Waals surface area contributed by atoms with Crippen molar-refractivity contribution in [1.82, 2.24) is 4.90 Å². The fourth-order valence-electron chi connectivity index (χ4n) is 2.72. The molecule has 0 saturated heterocycles. The van der Waals surface area contributed by atoms with E-state index in [1.54, 1.807) is 7.11 Å². The molecule has 20 heavy (non-hydrogen) atoms. The van der Waals surface area contributed by atoms with Crippen molar-refractivity contribution in [3.63, 3.8) is 0 Å². The second-order valence-electron chi connectivity index (χ2n) is 5.40. The lowest BCUT2D eigenvalue weighted by Crippen LogP contribution is -2.29. The number of benzene rings is 1. The maximum atomic E-state index is 6.02. The van der Waals surface area contributed by atoms with Gasteiger partial charge < -0.3 is 14.9 Å². The first-order chi connectivity index (χ1) is 9.83. The molecule has 0 unspecified atom stereocenters. The molecule has 3 rings (SSSR count). The molecule has 2 aromatic rings. The smallest absolute Gasteiger partial charge is 0.134 e. The Morgan fingerprint density at radius 1 is 1.35 bits per heavy atom. The van der Waals surface area contributed by atoms with Gasteiger partial charge in [-0.25, -0.2) is 0 Å². The van der Waals surface area contributed by atoms with E-state index in [-0.39, 0.29) is 0 Å². The average molecular weight is 274 g/mol. The highest BCUT2D eigenvalue weighted by Crippen LogP contribution is 2.31. The highest BCUT2D eigenvalue weighted by Gasteiger charge is 2.30. The summed E-state index contributed by atoms with van der Waals surface area (Å²) in [7, 11) is 1.75. The van der Waals surface area contributed by atoms with Gasteiger partial charge in [0, 0.05) is 37.2 Å². The van der Waals surface area contributed by atoms with E-state index >= 15 is 0 Å². The van der Waals surface area contributed by atoms with E-state index in [1.165, 1.54) is 12.8 Å². The predicted molar refractivity (Wildman–Crippen MR) is 79.4 cm³/mol. The molecule has 0 bridgehead atoms. The Labute approximate surface area is 119 Å². The van der Waals surface area contributed by atoms with Crippen molar-refractivity contribution in [3.05, 3.63) is 35.6 Å². The van der Waals surface area contributed by atoms with Crippen LogP contribution in [0.25, 0.3) is 11.0 Å². The van der Waals surface area contributed by atoms with E-state index in [1.807, 2.05) is 18.2 Å². The molecule has 0 radical (unpaired) electrons. The summed E-state index contributed by atoms with van der Waals surface area (Å²) in [5.74, 6) is 1.01. The quantitative estimate of drug-likeness (QED) is 0.843. The lowest BCUT2D eigenvalue weighted by Gasteiger charge is -2.20. The van der Waals surface area contributed by atoms with Crippen LogP contribution in [0, 0.1) is 0 Å². The largest absolute Gasteiger partial charge is 0.459 e. The van der Waals surface area contributed by atoms with Gasteiger partial charge in [-0.3, -0.25) is 4.90 Å². The Hall–Kier alpha value is -1.36.